The van der Waals surface area contributed by atoms with Crippen molar-refractivity contribution < 1.29 is 0 Å². The zero-order valence-electron chi connectivity index (χ0n) is 8.58. The first kappa shape index (κ1) is 11.0. The molecule has 0 N–H and O–H groups in total. The van der Waals surface area contributed by atoms with Gasteiger partial charge in [0.2, 0.25) is 0 Å². The van der Waals surface area contributed by atoms with Crippen molar-refractivity contribution in [3.63, 3.8) is 0 Å². The highest BCUT2D eigenvalue weighted by Gasteiger charge is 2.34. The molecule has 2 heterocycles. The van der Waals surface area contributed by atoms with Gasteiger partial charge in [-0.15, -0.1) is 11.6 Å². The van der Waals surface area contributed by atoms with E-state index in [0.29, 0.717) is 10.9 Å². The predicted octanol–water partition coefficient (Wildman–Crippen LogP) is 2.59. The van der Waals surface area contributed by atoms with Gasteiger partial charge in [-0.3, -0.25) is 0 Å². The molecule has 5 heteroatoms. The Bertz CT molecular complexity index is 358. The highest BCUT2D eigenvalue weighted by Crippen LogP contribution is 2.35. The van der Waals surface area contributed by atoms with Crippen LogP contribution in [0.1, 0.15) is 13.3 Å². The van der Waals surface area contributed by atoms with Gasteiger partial charge in [0.15, 0.2) is 5.82 Å². The highest BCUT2D eigenvalue weighted by molar-refractivity contribution is 6.32. The second-order valence-corrected chi connectivity index (χ2v) is 4.98. The number of rotatable bonds is 2. The molecule has 1 unspecified atom stereocenters. The molecule has 0 radical (unpaired) electrons. The summed E-state index contributed by atoms with van der Waals surface area (Å²) in [6, 6.07) is 0. The van der Waals surface area contributed by atoms with Gasteiger partial charge in [-0.25, -0.2) is 9.97 Å². The van der Waals surface area contributed by atoms with Crippen molar-refractivity contribution in [2.45, 2.75) is 13.3 Å². The third-order valence-electron chi connectivity index (χ3n) is 2.83. The van der Waals surface area contributed by atoms with Crippen LogP contribution in [0.5, 0.6) is 0 Å². The molecule has 0 amide bonds. The number of alkyl halides is 1. The largest absolute Gasteiger partial charge is 0.355 e. The maximum Gasteiger partial charge on any atom is 0.150 e. The minimum Gasteiger partial charge on any atom is -0.355 e. The van der Waals surface area contributed by atoms with Crippen LogP contribution in [0.3, 0.4) is 0 Å². The van der Waals surface area contributed by atoms with Crippen molar-refractivity contribution in [2.75, 3.05) is 23.9 Å². The Morgan fingerprint density at radius 1 is 1.60 bits per heavy atom. The van der Waals surface area contributed by atoms with E-state index in [2.05, 4.69) is 21.8 Å². The molecule has 1 fully saturated rings. The normalized spacial score (nSPS) is 25.9. The van der Waals surface area contributed by atoms with Crippen molar-refractivity contribution >= 4 is 29.0 Å². The second kappa shape index (κ2) is 4.14. The molecule has 1 atom stereocenters. The van der Waals surface area contributed by atoms with Gasteiger partial charge in [0.25, 0.3) is 0 Å². The van der Waals surface area contributed by atoms with Crippen LogP contribution in [-0.2, 0) is 0 Å². The summed E-state index contributed by atoms with van der Waals surface area (Å²) >= 11 is 12.0. The Hall–Kier alpha value is -0.540. The van der Waals surface area contributed by atoms with Crippen molar-refractivity contribution in [2.24, 2.45) is 5.41 Å². The summed E-state index contributed by atoms with van der Waals surface area (Å²) in [5.74, 6) is 1.49. The number of hydrogen-bond donors (Lipinski definition) is 0. The van der Waals surface area contributed by atoms with E-state index in [-0.39, 0.29) is 5.41 Å². The van der Waals surface area contributed by atoms with Gasteiger partial charge in [-0.2, -0.15) is 0 Å². The lowest BCUT2D eigenvalue weighted by Gasteiger charge is -2.22. The molecule has 1 aliphatic rings. The summed E-state index contributed by atoms with van der Waals surface area (Å²) < 4.78 is 0. The van der Waals surface area contributed by atoms with Crippen molar-refractivity contribution in [1.29, 1.82) is 0 Å². The topological polar surface area (TPSA) is 29.0 Å². The predicted molar refractivity (Wildman–Crippen MR) is 62.7 cm³/mol. The van der Waals surface area contributed by atoms with E-state index in [9.17, 15) is 0 Å². The maximum absolute atomic E-state index is 6.04. The Balaban J connectivity index is 2.18. The van der Waals surface area contributed by atoms with E-state index in [0.717, 1.165) is 25.3 Å². The highest BCUT2D eigenvalue weighted by atomic mass is 35.5. The van der Waals surface area contributed by atoms with E-state index in [1.807, 2.05) is 0 Å². The molecule has 1 aromatic heterocycles. The molecule has 1 aliphatic heterocycles. The zero-order valence-corrected chi connectivity index (χ0v) is 10.1. The molecular weight excluding hydrogens is 233 g/mol. The minimum absolute atomic E-state index is 0.176. The molecule has 15 heavy (non-hydrogen) atoms. The van der Waals surface area contributed by atoms with Crippen LogP contribution >= 0.6 is 23.2 Å². The smallest absolute Gasteiger partial charge is 0.150 e. The van der Waals surface area contributed by atoms with Crippen LogP contribution in [0.4, 0.5) is 5.82 Å². The van der Waals surface area contributed by atoms with Crippen molar-refractivity contribution in [1.82, 2.24) is 9.97 Å². The van der Waals surface area contributed by atoms with Crippen LogP contribution in [0.15, 0.2) is 12.5 Å². The van der Waals surface area contributed by atoms with Gasteiger partial charge in [-0.05, 0) is 6.42 Å². The van der Waals surface area contributed by atoms with E-state index < -0.39 is 0 Å². The molecule has 0 spiro atoms. The van der Waals surface area contributed by atoms with Crippen LogP contribution in [0.2, 0.25) is 5.02 Å². The number of anilines is 1. The van der Waals surface area contributed by atoms with Gasteiger partial charge in [0.05, 0.1) is 6.20 Å². The quantitative estimate of drug-likeness (QED) is 0.751. The molecule has 2 rings (SSSR count). The lowest BCUT2D eigenvalue weighted by molar-refractivity contribution is 0.425. The van der Waals surface area contributed by atoms with Gasteiger partial charge in [-0.1, -0.05) is 18.5 Å². The SMILES string of the molecule is CC1(CCl)CCN(c2ncncc2Cl)C1. The fourth-order valence-corrected chi connectivity index (χ4v) is 2.30. The van der Waals surface area contributed by atoms with Crippen LogP contribution in [-0.4, -0.2) is 28.9 Å². The van der Waals surface area contributed by atoms with Crippen LogP contribution in [0.25, 0.3) is 0 Å². The number of nitrogens with zero attached hydrogens (tertiary/aromatic N) is 3. The molecule has 82 valence electrons. The molecule has 0 aromatic carbocycles. The minimum atomic E-state index is 0.176. The molecular formula is C10H13Cl2N3. The van der Waals surface area contributed by atoms with E-state index in [1.165, 1.54) is 6.33 Å². The summed E-state index contributed by atoms with van der Waals surface area (Å²) in [6.07, 6.45) is 4.23. The fourth-order valence-electron chi connectivity index (χ4n) is 1.85. The maximum atomic E-state index is 6.04. The summed E-state index contributed by atoms with van der Waals surface area (Å²) in [6.45, 7) is 4.06. The number of hydrogen-bond acceptors (Lipinski definition) is 3. The van der Waals surface area contributed by atoms with Crippen LogP contribution in [0, 0.1) is 5.41 Å². The lowest BCUT2D eigenvalue weighted by Crippen LogP contribution is -2.26. The lowest BCUT2D eigenvalue weighted by atomic mass is 9.93. The summed E-state index contributed by atoms with van der Waals surface area (Å²) in [4.78, 5) is 10.2. The Morgan fingerprint density at radius 3 is 3.00 bits per heavy atom. The molecule has 0 aliphatic carbocycles. The molecule has 3 nitrogen and oxygen atoms in total. The molecule has 0 saturated carbocycles. The van der Waals surface area contributed by atoms with Gasteiger partial charge >= 0.3 is 0 Å². The van der Waals surface area contributed by atoms with Gasteiger partial charge in [0.1, 0.15) is 11.3 Å². The first-order valence-corrected chi connectivity index (χ1v) is 5.82. The standard InChI is InChI=1S/C10H13Cl2N3/c1-10(5-11)2-3-15(6-10)9-8(12)4-13-7-14-9/h4,7H,2-3,5-6H2,1H3. The second-order valence-electron chi connectivity index (χ2n) is 4.31. The van der Waals surface area contributed by atoms with E-state index in [1.54, 1.807) is 6.20 Å². The summed E-state index contributed by atoms with van der Waals surface area (Å²) in [5.41, 5.74) is 0.176. The average Bonchev–Trinajstić information content (AvgIpc) is 2.63. The fraction of sp³-hybridized carbons (Fsp3) is 0.600. The third kappa shape index (κ3) is 2.18. The van der Waals surface area contributed by atoms with Gasteiger partial charge < -0.3 is 4.90 Å². The Labute approximate surface area is 99.4 Å². The number of aromatic nitrogens is 2. The number of halogens is 2. The average molecular weight is 246 g/mol. The molecule has 0 bridgehead atoms. The Kier molecular flexibility index (Phi) is 3.03. The Morgan fingerprint density at radius 2 is 2.40 bits per heavy atom. The first-order chi connectivity index (χ1) is 7.14. The molecule has 1 saturated heterocycles. The van der Waals surface area contributed by atoms with Crippen molar-refractivity contribution in [3.05, 3.63) is 17.5 Å². The first-order valence-electron chi connectivity index (χ1n) is 4.91. The van der Waals surface area contributed by atoms with Crippen molar-refractivity contribution in [3.8, 4) is 0 Å². The van der Waals surface area contributed by atoms with E-state index in [4.69, 9.17) is 23.2 Å². The van der Waals surface area contributed by atoms with Crippen LogP contribution < -0.4 is 4.90 Å². The molecule has 1 aromatic rings. The monoisotopic (exact) mass is 245 g/mol. The summed E-state index contributed by atoms with van der Waals surface area (Å²) in [7, 11) is 0. The van der Waals surface area contributed by atoms with E-state index >= 15 is 0 Å². The third-order valence-corrected chi connectivity index (χ3v) is 3.74. The zero-order chi connectivity index (χ0) is 10.9. The van der Waals surface area contributed by atoms with Gasteiger partial charge in [0, 0.05) is 24.4 Å². The summed E-state index contributed by atoms with van der Waals surface area (Å²) in [5, 5.41) is 0.608.